The molecule has 7 nitrogen and oxygen atoms in total. The highest BCUT2D eigenvalue weighted by atomic mass is 35.5. The number of halogens is 1. The number of urea groups is 1. The Morgan fingerprint density at radius 2 is 1.58 bits per heavy atom. The summed E-state index contributed by atoms with van der Waals surface area (Å²) >= 11 is 5.24. The Hall–Kier alpha value is -2.41. The molecule has 0 heterocycles. The zero-order valence-corrected chi connectivity index (χ0v) is 10.4. The van der Waals surface area contributed by atoms with Crippen LogP contribution in [0.4, 0.5) is 4.79 Å². The zero-order chi connectivity index (χ0) is 14.4. The lowest BCUT2D eigenvalue weighted by Gasteiger charge is -2.04. The summed E-state index contributed by atoms with van der Waals surface area (Å²) in [6.07, 6.45) is 0. The van der Waals surface area contributed by atoms with Crippen LogP contribution in [0, 0.1) is 0 Å². The summed E-state index contributed by atoms with van der Waals surface area (Å²) in [6.45, 7) is 0. The van der Waals surface area contributed by atoms with Crippen LogP contribution in [-0.4, -0.2) is 29.6 Å². The molecule has 1 aromatic rings. The molecule has 0 aliphatic rings. The highest BCUT2D eigenvalue weighted by molar-refractivity contribution is 6.28. The minimum absolute atomic E-state index is 0.0600. The summed E-state index contributed by atoms with van der Waals surface area (Å²) in [7, 11) is 0. The zero-order valence-electron chi connectivity index (χ0n) is 9.60. The number of primary amides is 1. The molecule has 0 spiro atoms. The Bertz CT molecular complexity index is 544. The molecular weight excluding hydrogens is 274 g/mol. The number of nitrogens with two attached hydrogens (primary N) is 1. The van der Waals surface area contributed by atoms with E-state index in [-0.39, 0.29) is 17.0 Å². The fourth-order valence-corrected chi connectivity index (χ4v) is 1.28. The van der Waals surface area contributed by atoms with Gasteiger partial charge >= 0.3 is 6.03 Å². The van der Waals surface area contributed by atoms with Gasteiger partial charge in [0.15, 0.2) is 0 Å². The standard InChI is InChI=1S/C11H10ClN3O4/c12-5-8(16)14-9(17)6-2-1-3-7(4-6)10(18)15-11(13)19/h1-4H,5H2,(H,14,16,17)(H3,13,15,18,19). The molecule has 0 radical (unpaired) electrons. The molecule has 0 bridgehead atoms. The molecule has 0 aliphatic heterocycles. The minimum Gasteiger partial charge on any atom is -0.351 e. The molecule has 0 fully saturated rings. The lowest BCUT2D eigenvalue weighted by atomic mass is 10.1. The van der Waals surface area contributed by atoms with E-state index in [4.69, 9.17) is 17.3 Å². The summed E-state index contributed by atoms with van der Waals surface area (Å²) in [5, 5.41) is 3.88. The van der Waals surface area contributed by atoms with Gasteiger partial charge in [0.1, 0.15) is 5.88 Å². The molecule has 19 heavy (non-hydrogen) atoms. The van der Waals surface area contributed by atoms with Crippen molar-refractivity contribution in [2.45, 2.75) is 0 Å². The van der Waals surface area contributed by atoms with E-state index in [1.54, 1.807) is 0 Å². The van der Waals surface area contributed by atoms with E-state index < -0.39 is 23.8 Å². The SMILES string of the molecule is NC(=O)NC(=O)c1cccc(C(=O)NC(=O)CCl)c1. The molecule has 0 unspecified atom stereocenters. The van der Waals surface area contributed by atoms with Crippen LogP contribution in [0.25, 0.3) is 0 Å². The van der Waals surface area contributed by atoms with Crippen LogP contribution >= 0.6 is 11.6 Å². The second-order valence-corrected chi connectivity index (χ2v) is 3.68. The van der Waals surface area contributed by atoms with Crippen LogP contribution < -0.4 is 16.4 Å². The summed E-state index contributed by atoms with van der Waals surface area (Å²) in [5.74, 6) is -2.45. The van der Waals surface area contributed by atoms with Crippen LogP contribution in [0.1, 0.15) is 20.7 Å². The number of hydrogen-bond donors (Lipinski definition) is 3. The van der Waals surface area contributed by atoms with Gasteiger partial charge in [-0.2, -0.15) is 0 Å². The fraction of sp³-hybridized carbons (Fsp3) is 0.0909. The van der Waals surface area contributed by atoms with Crippen molar-refractivity contribution in [3.63, 3.8) is 0 Å². The van der Waals surface area contributed by atoms with E-state index in [9.17, 15) is 19.2 Å². The third kappa shape index (κ3) is 4.40. The van der Waals surface area contributed by atoms with Crippen molar-refractivity contribution in [1.29, 1.82) is 0 Å². The predicted octanol–water partition coefficient (Wildman–Crippen LogP) is -0.00970. The van der Waals surface area contributed by atoms with E-state index >= 15 is 0 Å². The second-order valence-electron chi connectivity index (χ2n) is 3.41. The topological polar surface area (TPSA) is 118 Å². The largest absolute Gasteiger partial charge is 0.351 e. The monoisotopic (exact) mass is 283 g/mol. The normalized spacial score (nSPS) is 9.53. The predicted molar refractivity (Wildman–Crippen MR) is 66.7 cm³/mol. The van der Waals surface area contributed by atoms with Crippen LogP contribution in [0.2, 0.25) is 0 Å². The van der Waals surface area contributed by atoms with E-state index in [1.165, 1.54) is 24.3 Å². The van der Waals surface area contributed by atoms with Gasteiger partial charge in [-0.15, -0.1) is 11.6 Å². The quantitative estimate of drug-likeness (QED) is 0.676. The van der Waals surface area contributed by atoms with Crippen LogP contribution in [0.5, 0.6) is 0 Å². The molecule has 8 heteroatoms. The van der Waals surface area contributed by atoms with Gasteiger partial charge in [-0.3, -0.25) is 25.0 Å². The number of alkyl halides is 1. The van der Waals surface area contributed by atoms with Crippen LogP contribution in [-0.2, 0) is 4.79 Å². The number of benzene rings is 1. The highest BCUT2D eigenvalue weighted by Crippen LogP contribution is 2.05. The first kappa shape index (κ1) is 14.7. The van der Waals surface area contributed by atoms with Crippen molar-refractivity contribution < 1.29 is 19.2 Å². The number of hydrogen-bond acceptors (Lipinski definition) is 4. The van der Waals surface area contributed by atoms with Gasteiger partial charge in [0.2, 0.25) is 5.91 Å². The van der Waals surface area contributed by atoms with Crippen molar-refractivity contribution in [1.82, 2.24) is 10.6 Å². The first-order valence-electron chi connectivity index (χ1n) is 5.05. The smallest absolute Gasteiger partial charge is 0.319 e. The number of rotatable bonds is 3. The lowest BCUT2D eigenvalue weighted by molar-refractivity contribution is -0.117. The molecular formula is C11H10ClN3O4. The third-order valence-electron chi connectivity index (χ3n) is 2.00. The van der Waals surface area contributed by atoms with Crippen molar-refractivity contribution in [3.05, 3.63) is 35.4 Å². The lowest BCUT2D eigenvalue weighted by Crippen LogP contribution is -2.35. The molecule has 5 amide bonds. The molecule has 0 atom stereocenters. The van der Waals surface area contributed by atoms with Gasteiger partial charge in [-0.25, -0.2) is 4.79 Å². The van der Waals surface area contributed by atoms with Gasteiger partial charge in [-0.05, 0) is 18.2 Å². The average molecular weight is 284 g/mol. The van der Waals surface area contributed by atoms with E-state index in [0.717, 1.165) is 0 Å². The number of carbonyl (C=O) groups is 4. The van der Waals surface area contributed by atoms with Crippen molar-refractivity contribution in [2.75, 3.05) is 5.88 Å². The summed E-state index contributed by atoms with van der Waals surface area (Å²) < 4.78 is 0. The second kappa shape index (κ2) is 6.50. The first-order valence-corrected chi connectivity index (χ1v) is 5.58. The Morgan fingerprint density at radius 3 is 2.05 bits per heavy atom. The summed E-state index contributed by atoms with van der Waals surface area (Å²) in [6, 6.07) is 4.43. The number of imide groups is 2. The number of amides is 5. The number of nitrogens with one attached hydrogen (secondary N) is 2. The molecule has 4 N–H and O–H groups in total. The van der Waals surface area contributed by atoms with E-state index in [0.29, 0.717) is 0 Å². The molecule has 0 saturated carbocycles. The minimum atomic E-state index is -1.00. The highest BCUT2D eigenvalue weighted by Gasteiger charge is 2.13. The number of carbonyl (C=O) groups excluding carboxylic acids is 4. The maximum atomic E-state index is 11.6. The Kier molecular flexibility index (Phi) is 5.01. The molecule has 0 saturated heterocycles. The van der Waals surface area contributed by atoms with Gasteiger partial charge in [0.05, 0.1) is 0 Å². The molecule has 1 rings (SSSR count). The third-order valence-corrected chi connectivity index (χ3v) is 2.24. The average Bonchev–Trinajstić information content (AvgIpc) is 2.37. The Labute approximate surface area is 113 Å². The fourth-order valence-electron chi connectivity index (χ4n) is 1.22. The van der Waals surface area contributed by atoms with E-state index in [2.05, 4.69) is 0 Å². The van der Waals surface area contributed by atoms with Crippen molar-refractivity contribution >= 4 is 35.4 Å². The van der Waals surface area contributed by atoms with Crippen LogP contribution in [0.15, 0.2) is 24.3 Å². The van der Waals surface area contributed by atoms with E-state index in [1.807, 2.05) is 10.6 Å². The summed E-state index contributed by atoms with van der Waals surface area (Å²) in [5.41, 5.74) is 4.94. The van der Waals surface area contributed by atoms with Gasteiger partial charge in [0.25, 0.3) is 11.8 Å². The maximum Gasteiger partial charge on any atom is 0.319 e. The molecule has 0 aliphatic carbocycles. The Morgan fingerprint density at radius 1 is 1.05 bits per heavy atom. The van der Waals surface area contributed by atoms with Crippen LogP contribution in [0.3, 0.4) is 0 Å². The van der Waals surface area contributed by atoms with Crippen molar-refractivity contribution in [2.24, 2.45) is 5.73 Å². The summed E-state index contributed by atoms with van der Waals surface area (Å²) in [4.78, 5) is 44.6. The van der Waals surface area contributed by atoms with Gasteiger partial charge < -0.3 is 5.73 Å². The van der Waals surface area contributed by atoms with Gasteiger partial charge in [0, 0.05) is 11.1 Å². The molecule has 100 valence electrons. The molecule has 1 aromatic carbocycles. The first-order chi connectivity index (χ1) is 8.93. The van der Waals surface area contributed by atoms with Gasteiger partial charge in [-0.1, -0.05) is 6.07 Å². The Balaban J connectivity index is 2.88. The molecule has 0 aromatic heterocycles. The van der Waals surface area contributed by atoms with Crippen molar-refractivity contribution in [3.8, 4) is 0 Å². The maximum absolute atomic E-state index is 11.6.